The van der Waals surface area contributed by atoms with E-state index in [9.17, 15) is 0 Å². The van der Waals surface area contributed by atoms with Gasteiger partial charge in [0, 0.05) is 50.2 Å². The Morgan fingerprint density at radius 1 is 1.16 bits per heavy atom. The van der Waals surface area contributed by atoms with Gasteiger partial charge in [-0.15, -0.1) is 0 Å². The molecule has 0 aromatic carbocycles. The molecule has 3 rings (SSSR count). The monoisotopic (exact) mass is 278 g/mol. The van der Waals surface area contributed by atoms with Gasteiger partial charge >= 0.3 is 0 Å². The number of anilines is 1. The number of halogens is 1. The summed E-state index contributed by atoms with van der Waals surface area (Å²) in [5.41, 5.74) is 1.62. The zero-order valence-corrected chi connectivity index (χ0v) is 11.4. The second-order valence-electron chi connectivity index (χ2n) is 4.66. The second kappa shape index (κ2) is 5.14. The Bertz CT molecular complexity index is 544. The van der Waals surface area contributed by atoms with E-state index < -0.39 is 0 Å². The van der Waals surface area contributed by atoms with E-state index in [0.29, 0.717) is 5.15 Å². The molecule has 0 aliphatic carbocycles. The first-order chi connectivity index (χ1) is 9.22. The molecule has 1 saturated heterocycles. The van der Waals surface area contributed by atoms with Crippen LogP contribution in [0.5, 0.6) is 0 Å². The first-order valence-electron chi connectivity index (χ1n) is 6.19. The minimum atomic E-state index is 0.512. The fourth-order valence-electron chi connectivity index (χ4n) is 2.07. The van der Waals surface area contributed by atoms with Crippen molar-refractivity contribution in [1.29, 1.82) is 0 Å². The van der Waals surface area contributed by atoms with Crippen molar-refractivity contribution in [1.82, 2.24) is 25.1 Å². The van der Waals surface area contributed by atoms with E-state index in [2.05, 4.69) is 37.0 Å². The summed E-state index contributed by atoms with van der Waals surface area (Å²) in [5, 5.41) is 7.29. The molecule has 1 N–H and O–H groups in total. The summed E-state index contributed by atoms with van der Waals surface area (Å²) in [6.07, 6.45) is 3.57. The summed E-state index contributed by atoms with van der Waals surface area (Å²) in [5.74, 6) is 0.776. The number of rotatable bonds is 2. The number of H-pyrrole nitrogens is 1. The number of aromatic nitrogens is 4. The maximum absolute atomic E-state index is 5.81. The molecule has 2 aromatic rings. The minimum Gasteiger partial charge on any atom is -0.338 e. The standard InChI is InChI=1S/C12H15ClN6/c1-18-2-4-19(5-3-18)12-14-7-9(8-15-12)10-6-11(13)17-16-10/h6-8H,2-5H2,1H3,(H,16,17). The molecular formula is C12H15ClN6. The van der Waals surface area contributed by atoms with Crippen LogP contribution in [0.15, 0.2) is 18.5 Å². The summed E-state index contributed by atoms with van der Waals surface area (Å²) in [6, 6.07) is 1.76. The van der Waals surface area contributed by atoms with E-state index >= 15 is 0 Å². The van der Waals surface area contributed by atoms with Crippen LogP contribution < -0.4 is 4.90 Å². The van der Waals surface area contributed by atoms with Crippen LogP contribution >= 0.6 is 11.6 Å². The maximum Gasteiger partial charge on any atom is 0.225 e. The molecule has 2 aromatic heterocycles. The lowest BCUT2D eigenvalue weighted by molar-refractivity contribution is 0.311. The molecular weight excluding hydrogens is 264 g/mol. The molecule has 0 radical (unpaired) electrons. The van der Waals surface area contributed by atoms with Crippen LogP contribution in [0.25, 0.3) is 11.3 Å². The number of nitrogens with zero attached hydrogens (tertiary/aromatic N) is 5. The van der Waals surface area contributed by atoms with Crippen molar-refractivity contribution in [2.24, 2.45) is 0 Å². The molecule has 3 heterocycles. The normalized spacial score (nSPS) is 16.8. The van der Waals surface area contributed by atoms with E-state index in [-0.39, 0.29) is 0 Å². The van der Waals surface area contributed by atoms with Gasteiger partial charge < -0.3 is 9.80 Å². The van der Waals surface area contributed by atoms with Gasteiger partial charge in [-0.05, 0) is 7.05 Å². The van der Waals surface area contributed by atoms with Gasteiger partial charge in [0.15, 0.2) is 0 Å². The highest BCUT2D eigenvalue weighted by Gasteiger charge is 2.16. The van der Waals surface area contributed by atoms with E-state index in [1.165, 1.54) is 0 Å². The molecule has 0 spiro atoms. The Hall–Kier alpha value is -1.66. The fourth-order valence-corrected chi connectivity index (χ4v) is 2.21. The molecule has 0 bridgehead atoms. The number of hydrogen-bond donors (Lipinski definition) is 1. The van der Waals surface area contributed by atoms with Crippen LogP contribution in [0.2, 0.25) is 5.15 Å². The Labute approximate surface area is 116 Å². The van der Waals surface area contributed by atoms with E-state index in [0.717, 1.165) is 43.4 Å². The predicted molar refractivity (Wildman–Crippen MR) is 74.3 cm³/mol. The molecule has 0 unspecified atom stereocenters. The van der Waals surface area contributed by atoms with Crippen LogP contribution in [0.1, 0.15) is 0 Å². The predicted octanol–water partition coefficient (Wildman–Crippen LogP) is 1.27. The highest BCUT2D eigenvalue weighted by molar-refractivity contribution is 6.29. The van der Waals surface area contributed by atoms with Crippen molar-refractivity contribution in [2.45, 2.75) is 0 Å². The Morgan fingerprint density at radius 3 is 2.42 bits per heavy atom. The van der Waals surface area contributed by atoms with Crippen molar-refractivity contribution < 1.29 is 0 Å². The summed E-state index contributed by atoms with van der Waals surface area (Å²) < 4.78 is 0. The average Bonchev–Trinajstić information content (AvgIpc) is 2.87. The van der Waals surface area contributed by atoms with Crippen molar-refractivity contribution in [3.05, 3.63) is 23.6 Å². The van der Waals surface area contributed by atoms with E-state index in [1.807, 2.05) is 0 Å². The largest absolute Gasteiger partial charge is 0.338 e. The molecule has 0 atom stereocenters. The molecule has 7 heteroatoms. The molecule has 0 saturated carbocycles. The third kappa shape index (κ3) is 2.69. The van der Waals surface area contributed by atoms with E-state index in [4.69, 9.17) is 11.6 Å². The van der Waals surface area contributed by atoms with Gasteiger partial charge in [0.25, 0.3) is 0 Å². The van der Waals surface area contributed by atoms with Crippen LogP contribution in [0.4, 0.5) is 5.95 Å². The molecule has 1 aliphatic rings. The zero-order chi connectivity index (χ0) is 13.2. The number of aromatic amines is 1. The number of piperazine rings is 1. The van der Waals surface area contributed by atoms with Crippen LogP contribution in [-0.2, 0) is 0 Å². The molecule has 100 valence electrons. The summed E-state index contributed by atoms with van der Waals surface area (Å²) in [4.78, 5) is 13.3. The van der Waals surface area contributed by atoms with Crippen LogP contribution in [0, 0.1) is 0 Å². The number of likely N-dealkylation sites (N-methyl/N-ethyl adjacent to an activating group) is 1. The molecule has 1 fully saturated rings. The lowest BCUT2D eigenvalue weighted by Gasteiger charge is -2.32. The summed E-state index contributed by atoms with van der Waals surface area (Å²) in [6.45, 7) is 4.01. The second-order valence-corrected chi connectivity index (χ2v) is 5.07. The highest BCUT2D eigenvalue weighted by atomic mass is 35.5. The van der Waals surface area contributed by atoms with Gasteiger partial charge in [-0.3, -0.25) is 5.10 Å². The number of nitrogens with one attached hydrogen (secondary N) is 1. The van der Waals surface area contributed by atoms with Crippen molar-refractivity contribution in [3.8, 4) is 11.3 Å². The van der Waals surface area contributed by atoms with Gasteiger partial charge in [-0.25, -0.2) is 9.97 Å². The third-order valence-corrected chi connectivity index (χ3v) is 3.46. The molecule has 19 heavy (non-hydrogen) atoms. The van der Waals surface area contributed by atoms with Gasteiger partial charge in [-0.2, -0.15) is 5.10 Å². The lowest BCUT2D eigenvalue weighted by atomic mass is 10.2. The fraction of sp³-hybridized carbons (Fsp3) is 0.417. The zero-order valence-electron chi connectivity index (χ0n) is 10.7. The maximum atomic E-state index is 5.81. The minimum absolute atomic E-state index is 0.512. The molecule has 1 aliphatic heterocycles. The Morgan fingerprint density at radius 2 is 1.84 bits per heavy atom. The first kappa shape index (κ1) is 12.4. The number of hydrogen-bond acceptors (Lipinski definition) is 5. The van der Waals surface area contributed by atoms with Gasteiger partial charge in [-0.1, -0.05) is 11.6 Å². The summed E-state index contributed by atoms with van der Waals surface area (Å²) >= 11 is 5.81. The van der Waals surface area contributed by atoms with Crippen LogP contribution in [-0.4, -0.2) is 58.3 Å². The van der Waals surface area contributed by atoms with Gasteiger partial charge in [0.1, 0.15) is 5.15 Å². The lowest BCUT2D eigenvalue weighted by Crippen LogP contribution is -2.45. The van der Waals surface area contributed by atoms with Crippen molar-refractivity contribution in [2.75, 3.05) is 38.1 Å². The topological polar surface area (TPSA) is 60.9 Å². The van der Waals surface area contributed by atoms with Crippen molar-refractivity contribution in [3.63, 3.8) is 0 Å². The molecule has 6 nitrogen and oxygen atoms in total. The van der Waals surface area contributed by atoms with Crippen molar-refractivity contribution >= 4 is 17.5 Å². The van der Waals surface area contributed by atoms with Crippen LogP contribution in [0.3, 0.4) is 0 Å². The Balaban J connectivity index is 1.75. The smallest absolute Gasteiger partial charge is 0.225 e. The summed E-state index contributed by atoms with van der Waals surface area (Å²) in [7, 11) is 2.13. The highest BCUT2D eigenvalue weighted by Crippen LogP contribution is 2.19. The van der Waals surface area contributed by atoms with Gasteiger partial charge in [0.05, 0.1) is 5.69 Å². The quantitative estimate of drug-likeness (QED) is 0.896. The van der Waals surface area contributed by atoms with Gasteiger partial charge in [0.2, 0.25) is 5.95 Å². The first-order valence-corrected chi connectivity index (χ1v) is 6.57. The molecule has 0 amide bonds. The SMILES string of the molecule is CN1CCN(c2ncc(-c3cc(Cl)[nH]n3)cn2)CC1. The Kier molecular flexibility index (Phi) is 3.35. The van der Waals surface area contributed by atoms with E-state index in [1.54, 1.807) is 18.5 Å². The average molecular weight is 279 g/mol. The third-order valence-electron chi connectivity index (χ3n) is 3.27.